The highest BCUT2D eigenvalue weighted by Gasteiger charge is 2.02. The quantitative estimate of drug-likeness (QED) is 0.755. The molecule has 0 aliphatic carbocycles. The first-order valence-corrected chi connectivity index (χ1v) is 6.21. The van der Waals surface area contributed by atoms with E-state index < -0.39 is 10.8 Å². The fourth-order valence-electron chi connectivity index (χ4n) is 1.25. The molecule has 3 heteroatoms. The van der Waals surface area contributed by atoms with Gasteiger partial charge in [0.1, 0.15) is 0 Å². The summed E-state index contributed by atoms with van der Waals surface area (Å²) in [6, 6.07) is 7.87. The molecule has 1 rings (SSSR count). The van der Waals surface area contributed by atoms with E-state index in [-0.39, 0.29) is 0 Å². The van der Waals surface area contributed by atoms with Gasteiger partial charge in [0.2, 0.25) is 0 Å². The van der Waals surface area contributed by atoms with Gasteiger partial charge >= 0.3 is 0 Å². The van der Waals surface area contributed by atoms with E-state index in [1.54, 1.807) is 0 Å². The maximum absolute atomic E-state index is 11.7. The Morgan fingerprint density at radius 1 is 1.36 bits per heavy atom. The number of nitrogens with two attached hydrogens (primary N) is 1. The average molecular weight is 211 g/mol. The standard InChI is InChI=1S/C11H17NOS/c1-10-5-4-6-11(9-10)14(13)8-3-2-7-12/h4-6,9H,2-3,7-8,12H2,1H3. The van der Waals surface area contributed by atoms with Crippen molar-refractivity contribution in [1.29, 1.82) is 0 Å². The van der Waals surface area contributed by atoms with E-state index in [2.05, 4.69) is 0 Å². The van der Waals surface area contributed by atoms with E-state index in [1.807, 2.05) is 31.2 Å². The molecule has 0 radical (unpaired) electrons. The van der Waals surface area contributed by atoms with Crippen molar-refractivity contribution < 1.29 is 4.21 Å². The Morgan fingerprint density at radius 3 is 2.79 bits per heavy atom. The molecule has 2 nitrogen and oxygen atoms in total. The van der Waals surface area contributed by atoms with Crippen molar-refractivity contribution in [2.45, 2.75) is 24.7 Å². The fraction of sp³-hybridized carbons (Fsp3) is 0.455. The van der Waals surface area contributed by atoms with Gasteiger partial charge in [0.15, 0.2) is 0 Å². The number of unbranched alkanes of at least 4 members (excludes halogenated alkanes) is 1. The van der Waals surface area contributed by atoms with E-state index in [1.165, 1.54) is 0 Å². The predicted octanol–water partition coefficient (Wildman–Crippen LogP) is 1.84. The molecule has 0 fully saturated rings. The normalized spacial score (nSPS) is 12.7. The fourth-order valence-corrected chi connectivity index (χ4v) is 2.50. The van der Waals surface area contributed by atoms with E-state index in [4.69, 9.17) is 5.73 Å². The third-order valence-corrected chi connectivity index (χ3v) is 3.48. The zero-order valence-electron chi connectivity index (χ0n) is 8.53. The summed E-state index contributed by atoms with van der Waals surface area (Å²) in [5.74, 6) is 0.723. The summed E-state index contributed by atoms with van der Waals surface area (Å²) < 4.78 is 11.7. The van der Waals surface area contributed by atoms with Gasteiger partial charge < -0.3 is 5.73 Å². The molecule has 1 unspecified atom stereocenters. The van der Waals surface area contributed by atoms with Crippen molar-refractivity contribution in [2.75, 3.05) is 12.3 Å². The van der Waals surface area contributed by atoms with Crippen LogP contribution in [-0.4, -0.2) is 16.5 Å². The summed E-state index contributed by atoms with van der Waals surface area (Å²) >= 11 is 0. The predicted molar refractivity (Wildman–Crippen MR) is 60.7 cm³/mol. The van der Waals surface area contributed by atoms with Crippen LogP contribution in [0.2, 0.25) is 0 Å². The van der Waals surface area contributed by atoms with Crippen LogP contribution in [0.1, 0.15) is 18.4 Å². The Morgan fingerprint density at radius 2 is 2.14 bits per heavy atom. The number of hydrogen-bond acceptors (Lipinski definition) is 2. The molecule has 0 aliphatic rings. The molecule has 0 spiro atoms. The first-order valence-electron chi connectivity index (χ1n) is 4.89. The SMILES string of the molecule is Cc1cccc(S(=O)CCCCN)c1. The van der Waals surface area contributed by atoms with Crippen LogP contribution in [0, 0.1) is 6.92 Å². The van der Waals surface area contributed by atoms with Gasteiger partial charge in [-0.1, -0.05) is 12.1 Å². The Hall–Kier alpha value is -0.670. The van der Waals surface area contributed by atoms with Gasteiger partial charge in [0.25, 0.3) is 0 Å². The highest BCUT2D eigenvalue weighted by atomic mass is 32.2. The molecule has 0 bridgehead atoms. The summed E-state index contributed by atoms with van der Waals surface area (Å²) in [5, 5.41) is 0. The van der Waals surface area contributed by atoms with E-state index in [0.717, 1.165) is 29.1 Å². The lowest BCUT2D eigenvalue weighted by molar-refractivity contribution is 0.678. The molecule has 1 aromatic carbocycles. The van der Waals surface area contributed by atoms with Crippen LogP contribution < -0.4 is 5.73 Å². The van der Waals surface area contributed by atoms with Crippen molar-refractivity contribution in [3.05, 3.63) is 29.8 Å². The lowest BCUT2D eigenvalue weighted by atomic mass is 10.2. The lowest BCUT2D eigenvalue weighted by Crippen LogP contribution is -2.03. The van der Waals surface area contributed by atoms with Crippen molar-refractivity contribution in [2.24, 2.45) is 5.73 Å². The van der Waals surface area contributed by atoms with Crippen LogP contribution in [0.3, 0.4) is 0 Å². The monoisotopic (exact) mass is 211 g/mol. The van der Waals surface area contributed by atoms with Gasteiger partial charge in [0, 0.05) is 10.6 Å². The molecule has 0 saturated heterocycles. The van der Waals surface area contributed by atoms with Crippen LogP contribution >= 0.6 is 0 Å². The van der Waals surface area contributed by atoms with Crippen LogP contribution in [-0.2, 0) is 10.8 Å². The van der Waals surface area contributed by atoms with Crippen LogP contribution in [0.4, 0.5) is 0 Å². The molecule has 0 aliphatic heterocycles. The number of hydrogen-bond donors (Lipinski definition) is 1. The highest BCUT2D eigenvalue weighted by Crippen LogP contribution is 2.10. The van der Waals surface area contributed by atoms with E-state index in [9.17, 15) is 4.21 Å². The van der Waals surface area contributed by atoms with Crippen LogP contribution in [0.25, 0.3) is 0 Å². The van der Waals surface area contributed by atoms with Crippen molar-refractivity contribution in [3.63, 3.8) is 0 Å². The van der Waals surface area contributed by atoms with Gasteiger partial charge in [-0.3, -0.25) is 4.21 Å². The Balaban J connectivity index is 2.52. The molecule has 2 N–H and O–H groups in total. The molecule has 0 aromatic heterocycles. The molecule has 78 valence electrons. The molecular formula is C11H17NOS. The molecule has 0 heterocycles. The second-order valence-corrected chi connectivity index (χ2v) is 4.93. The first kappa shape index (κ1) is 11.4. The third-order valence-electron chi connectivity index (χ3n) is 2.04. The number of benzene rings is 1. The van der Waals surface area contributed by atoms with Gasteiger partial charge in [-0.05, 0) is 44.0 Å². The summed E-state index contributed by atoms with van der Waals surface area (Å²) in [4.78, 5) is 0.932. The van der Waals surface area contributed by atoms with Gasteiger partial charge in [-0.25, -0.2) is 0 Å². The minimum atomic E-state index is -0.851. The Labute approximate surface area is 88.0 Å². The summed E-state index contributed by atoms with van der Waals surface area (Å²) in [5.41, 5.74) is 6.54. The molecule has 1 atom stereocenters. The maximum Gasteiger partial charge on any atom is 0.0529 e. The minimum absolute atomic E-state index is 0.686. The Bertz CT molecular complexity index is 312. The van der Waals surface area contributed by atoms with Crippen LogP contribution in [0.5, 0.6) is 0 Å². The van der Waals surface area contributed by atoms with E-state index >= 15 is 0 Å². The second kappa shape index (κ2) is 5.94. The number of rotatable bonds is 5. The highest BCUT2D eigenvalue weighted by molar-refractivity contribution is 7.85. The summed E-state index contributed by atoms with van der Waals surface area (Å²) in [6.45, 7) is 2.70. The van der Waals surface area contributed by atoms with Gasteiger partial charge in [-0.15, -0.1) is 0 Å². The largest absolute Gasteiger partial charge is 0.330 e. The summed E-state index contributed by atoms with van der Waals surface area (Å²) in [7, 11) is -0.851. The molecule has 14 heavy (non-hydrogen) atoms. The smallest absolute Gasteiger partial charge is 0.0529 e. The van der Waals surface area contributed by atoms with Crippen molar-refractivity contribution in [1.82, 2.24) is 0 Å². The van der Waals surface area contributed by atoms with Crippen molar-refractivity contribution in [3.8, 4) is 0 Å². The zero-order chi connectivity index (χ0) is 10.4. The number of aryl methyl sites for hydroxylation is 1. The molecule has 1 aromatic rings. The summed E-state index contributed by atoms with van der Waals surface area (Å²) in [6.07, 6.45) is 1.90. The minimum Gasteiger partial charge on any atom is -0.330 e. The average Bonchev–Trinajstić information content (AvgIpc) is 2.18. The molecular weight excluding hydrogens is 194 g/mol. The first-order chi connectivity index (χ1) is 6.74. The molecule has 0 saturated carbocycles. The third kappa shape index (κ3) is 3.60. The zero-order valence-corrected chi connectivity index (χ0v) is 9.35. The second-order valence-electron chi connectivity index (χ2n) is 3.36. The van der Waals surface area contributed by atoms with Crippen molar-refractivity contribution >= 4 is 10.8 Å². The van der Waals surface area contributed by atoms with Crippen LogP contribution in [0.15, 0.2) is 29.2 Å². The Kier molecular flexibility index (Phi) is 4.84. The van der Waals surface area contributed by atoms with Gasteiger partial charge in [-0.2, -0.15) is 0 Å². The lowest BCUT2D eigenvalue weighted by Gasteiger charge is -2.02. The maximum atomic E-state index is 11.7. The van der Waals surface area contributed by atoms with Gasteiger partial charge in [0.05, 0.1) is 10.8 Å². The van der Waals surface area contributed by atoms with E-state index in [0.29, 0.717) is 6.54 Å². The topological polar surface area (TPSA) is 43.1 Å². The molecule has 0 amide bonds.